The number of aromatic nitrogens is 1. The van der Waals surface area contributed by atoms with Crippen molar-refractivity contribution in [3.8, 4) is 0 Å². The number of rotatable bonds is 5. The van der Waals surface area contributed by atoms with Crippen LogP contribution in [0, 0.1) is 0 Å². The van der Waals surface area contributed by atoms with E-state index in [1.54, 1.807) is 17.5 Å². The minimum Gasteiger partial charge on any atom is -0.321 e. The third-order valence-electron chi connectivity index (χ3n) is 2.87. The maximum atomic E-state index is 12.2. The van der Waals surface area contributed by atoms with Gasteiger partial charge in [0.1, 0.15) is 0 Å². The van der Waals surface area contributed by atoms with Crippen LogP contribution in [-0.4, -0.2) is 19.3 Å². The second-order valence-corrected chi connectivity index (χ2v) is 8.82. The first-order chi connectivity index (χ1) is 11.4. The molecule has 6 nitrogen and oxygen atoms in total. The van der Waals surface area contributed by atoms with Gasteiger partial charge in [-0.2, -0.15) is 0 Å². The summed E-state index contributed by atoms with van der Waals surface area (Å²) in [5.41, 5.74) is 0.484. The molecule has 0 unspecified atom stereocenters. The quantitative estimate of drug-likeness (QED) is 0.680. The average Bonchev–Trinajstić information content (AvgIpc) is 3.19. The summed E-state index contributed by atoms with van der Waals surface area (Å²) in [6, 6.07) is 9.12. The zero-order chi connectivity index (χ0) is 17.2. The van der Waals surface area contributed by atoms with Crippen molar-refractivity contribution in [3.05, 3.63) is 57.2 Å². The van der Waals surface area contributed by atoms with Crippen molar-refractivity contribution in [1.82, 2.24) is 4.98 Å². The number of carbonyl (C=O) groups excluding carboxylic acids is 1. The molecule has 0 aliphatic carbocycles. The lowest BCUT2D eigenvalue weighted by Crippen LogP contribution is -2.13. The van der Waals surface area contributed by atoms with Crippen LogP contribution in [0.1, 0.15) is 9.67 Å². The van der Waals surface area contributed by atoms with E-state index in [1.165, 1.54) is 53.1 Å². The molecule has 2 N–H and O–H groups in total. The molecule has 1 amide bonds. The van der Waals surface area contributed by atoms with Crippen molar-refractivity contribution in [3.63, 3.8) is 0 Å². The third-order valence-corrected chi connectivity index (χ3v) is 6.28. The van der Waals surface area contributed by atoms with Crippen molar-refractivity contribution >= 4 is 61.0 Å². The maximum absolute atomic E-state index is 12.2. The first-order valence-electron chi connectivity index (χ1n) is 6.53. The molecule has 2 heterocycles. The molecule has 0 saturated carbocycles. The predicted octanol–water partition coefficient (Wildman–Crippen LogP) is 3.91. The van der Waals surface area contributed by atoms with E-state index in [2.05, 4.69) is 15.0 Å². The van der Waals surface area contributed by atoms with E-state index >= 15 is 0 Å². The van der Waals surface area contributed by atoms with Crippen LogP contribution in [0.4, 0.5) is 10.8 Å². The van der Waals surface area contributed by atoms with Crippen LogP contribution in [0.5, 0.6) is 0 Å². The zero-order valence-electron chi connectivity index (χ0n) is 11.9. The van der Waals surface area contributed by atoms with Crippen LogP contribution < -0.4 is 10.0 Å². The monoisotopic (exact) mass is 399 g/mol. The van der Waals surface area contributed by atoms with Crippen LogP contribution >= 0.6 is 34.3 Å². The fourth-order valence-corrected chi connectivity index (χ4v) is 4.52. The smallest absolute Gasteiger partial charge is 0.265 e. The molecule has 3 rings (SSSR count). The Labute approximate surface area is 151 Å². The molecular formula is C14H10ClN3O3S3. The van der Waals surface area contributed by atoms with Gasteiger partial charge in [0.05, 0.1) is 14.1 Å². The number of nitrogens with one attached hydrogen (secondary N) is 2. The summed E-state index contributed by atoms with van der Waals surface area (Å²) in [7, 11) is -3.71. The third kappa shape index (κ3) is 3.93. The topological polar surface area (TPSA) is 88.2 Å². The van der Waals surface area contributed by atoms with Gasteiger partial charge in [-0.25, -0.2) is 13.4 Å². The Hall–Kier alpha value is -1.94. The van der Waals surface area contributed by atoms with Crippen LogP contribution in [-0.2, 0) is 10.0 Å². The van der Waals surface area contributed by atoms with Gasteiger partial charge in [0.15, 0.2) is 5.13 Å². The van der Waals surface area contributed by atoms with E-state index in [1.807, 2.05) is 0 Å². The Morgan fingerprint density at radius 3 is 2.46 bits per heavy atom. The minimum absolute atomic E-state index is 0.0786. The largest absolute Gasteiger partial charge is 0.321 e. The molecule has 0 fully saturated rings. The highest BCUT2D eigenvalue weighted by atomic mass is 35.5. The van der Waals surface area contributed by atoms with Crippen molar-refractivity contribution in [2.45, 2.75) is 4.90 Å². The van der Waals surface area contributed by atoms with Gasteiger partial charge in [0.2, 0.25) is 0 Å². The summed E-state index contributed by atoms with van der Waals surface area (Å²) in [6.45, 7) is 0. The molecule has 10 heteroatoms. The van der Waals surface area contributed by atoms with Gasteiger partial charge >= 0.3 is 0 Å². The van der Waals surface area contributed by atoms with E-state index in [9.17, 15) is 13.2 Å². The highest BCUT2D eigenvalue weighted by molar-refractivity contribution is 7.93. The van der Waals surface area contributed by atoms with Gasteiger partial charge in [-0.1, -0.05) is 11.6 Å². The second-order valence-electron chi connectivity index (χ2n) is 4.53. The molecule has 0 bridgehead atoms. The first-order valence-corrected chi connectivity index (χ1v) is 10.1. The molecular weight excluding hydrogens is 390 g/mol. The number of anilines is 2. The molecule has 124 valence electrons. The number of amides is 1. The van der Waals surface area contributed by atoms with Crippen molar-refractivity contribution in [2.75, 3.05) is 10.0 Å². The summed E-state index contributed by atoms with van der Waals surface area (Å²) in [4.78, 5) is 16.5. The zero-order valence-corrected chi connectivity index (χ0v) is 15.1. The van der Waals surface area contributed by atoms with E-state index in [4.69, 9.17) is 11.6 Å². The van der Waals surface area contributed by atoms with Gasteiger partial charge in [0.25, 0.3) is 15.9 Å². The standard InChI is InChI=1S/C14H10ClN3O3S3/c15-12-6-5-11(23-12)13(19)17-9-1-3-10(4-2-9)24(20,21)18-14-16-7-8-22-14/h1-8H,(H,16,18)(H,17,19). The Morgan fingerprint density at radius 2 is 1.88 bits per heavy atom. The molecule has 0 aliphatic rings. The Balaban J connectivity index is 1.72. The van der Waals surface area contributed by atoms with Crippen molar-refractivity contribution < 1.29 is 13.2 Å². The fraction of sp³-hybridized carbons (Fsp3) is 0. The van der Waals surface area contributed by atoms with Gasteiger partial charge in [-0.15, -0.1) is 22.7 Å². The number of halogens is 1. The van der Waals surface area contributed by atoms with Gasteiger partial charge in [0, 0.05) is 17.3 Å². The van der Waals surface area contributed by atoms with E-state index in [0.717, 1.165) is 0 Å². The second kappa shape index (κ2) is 6.89. The number of benzene rings is 1. The van der Waals surface area contributed by atoms with Crippen LogP contribution in [0.25, 0.3) is 0 Å². The highest BCUT2D eigenvalue weighted by Crippen LogP contribution is 2.23. The summed E-state index contributed by atoms with van der Waals surface area (Å²) < 4.78 is 27.3. The Kier molecular flexibility index (Phi) is 4.86. The Morgan fingerprint density at radius 1 is 1.12 bits per heavy atom. The lowest BCUT2D eigenvalue weighted by molar-refractivity contribution is 0.103. The van der Waals surface area contributed by atoms with Crippen LogP contribution in [0.15, 0.2) is 52.9 Å². The number of thiazole rings is 1. The number of hydrogen-bond donors (Lipinski definition) is 2. The number of hydrogen-bond acceptors (Lipinski definition) is 6. The fourth-order valence-electron chi connectivity index (χ4n) is 1.79. The van der Waals surface area contributed by atoms with Gasteiger partial charge in [-0.3, -0.25) is 9.52 Å². The van der Waals surface area contributed by atoms with Crippen LogP contribution in [0.3, 0.4) is 0 Å². The molecule has 0 radical (unpaired) electrons. The normalized spacial score (nSPS) is 11.2. The van der Waals surface area contributed by atoms with Gasteiger partial charge < -0.3 is 5.32 Å². The Bertz CT molecular complexity index is 951. The number of carbonyl (C=O) groups is 1. The molecule has 2 aromatic heterocycles. The molecule has 0 atom stereocenters. The predicted molar refractivity (Wildman–Crippen MR) is 96.6 cm³/mol. The van der Waals surface area contributed by atoms with Gasteiger partial charge in [-0.05, 0) is 36.4 Å². The van der Waals surface area contributed by atoms with E-state index in [0.29, 0.717) is 20.0 Å². The molecule has 0 saturated heterocycles. The summed E-state index contributed by atoms with van der Waals surface area (Å²) in [5.74, 6) is -0.302. The molecule has 0 aliphatic heterocycles. The minimum atomic E-state index is -3.71. The lowest BCUT2D eigenvalue weighted by atomic mass is 10.3. The molecule has 0 spiro atoms. The first kappa shape index (κ1) is 16.9. The number of thiophene rings is 1. The van der Waals surface area contributed by atoms with Crippen LogP contribution in [0.2, 0.25) is 4.34 Å². The molecule has 24 heavy (non-hydrogen) atoms. The van der Waals surface area contributed by atoms with E-state index in [-0.39, 0.29) is 10.8 Å². The lowest BCUT2D eigenvalue weighted by Gasteiger charge is -2.07. The summed E-state index contributed by atoms with van der Waals surface area (Å²) in [6.07, 6.45) is 1.51. The number of nitrogens with zero attached hydrogens (tertiary/aromatic N) is 1. The molecule has 3 aromatic rings. The maximum Gasteiger partial charge on any atom is 0.265 e. The van der Waals surface area contributed by atoms with E-state index < -0.39 is 10.0 Å². The summed E-state index contributed by atoms with van der Waals surface area (Å²) >= 11 is 8.15. The number of sulfonamides is 1. The SMILES string of the molecule is O=C(Nc1ccc(S(=O)(=O)Nc2nccs2)cc1)c1ccc(Cl)s1. The van der Waals surface area contributed by atoms with Crippen molar-refractivity contribution in [2.24, 2.45) is 0 Å². The average molecular weight is 400 g/mol. The van der Waals surface area contributed by atoms with Crippen molar-refractivity contribution in [1.29, 1.82) is 0 Å². The highest BCUT2D eigenvalue weighted by Gasteiger charge is 2.16. The summed E-state index contributed by atoms with van der Waals surface area (Å²) in [5, 5.41) is 4.65. The molecule has 1 aromatic carbocycles.